The van der Waals surface area contributed by atoms with Crippen molar-refractivity contribution in [3.63, 3.8) is 0 Å². The molecule has 5 nitrogen and oxygen atoms in total. The fourth-order valence-electron chi connectivity index (χ4n) is 3.18. The molecule has 0 bridgehead atoms. The maximum absolute atomic E-state index is 4.79. The van der Waals surface area contributed by atoms with Crippen molar-refractivity contribution < 1.29 is 0 Å². The lowest BCUT2D eigenvalue weighted by Gasteiger charge is -2.17. The first kappa shape index (κ1) is 18.2. The molecule has 1 aliphatic rings. The predicted molar refractivity (Wildman–Crippen MR) is 100 cm³/mol. The highest BCUT2D eigenvalue weighted by molar-refractivity contribution is 7.99. The minimum atomic E-state index is 0.549. The number of nitrogens with zero attached hydrogens (tertiary/aromatic N) is 3. The van der Waals surface area contributed by atoms with Crippen molar-refractivity contribution in [2.24, 2.45) is 12.0 Å². The molecule has 23 heavy (non-hydrogen) atoms. The van der Waals surface area contributed by atoms with E-state index in [2.05, 4.69) is 55.2 Å². The van der Waals surface area contributed by atoms with Crippen LogP contribution in [-0.4, -0.2) is 39.3 Å². The molecule has 2 N–H and O–H groups in total. The molecule has 130 valence electrons. The number of rotatable bonds is 6. The summed E-state index contributed by atoms with van der Waals surface area (Å²) in [5, 5.41) is 12.3. The SMILES string of the molecule is CCNC(=NCc1c(C)nn(C)c1C)NC1CCC(SCC)C1. The topological polar surface area (TPSA) is 54.2 Å². The van der Waals surface area contributed by atoms with Gasteiger partial charge in [0.05, 0.1) is 12.2 Å². The predicted octanol–water partition coefficient (Wildman–Crippen LogP) is 2.77. The number of thioether (sulfide) groups is 1. The molecule has 1 aromatic heterocycles. The third-order valence-corrected chi connectivity index (χ3v) is 5.76. The van der Waals surface area contributed by atoms with E-state index < -0.39 is 0 Å². The highest BCUT2D eigenvalue weighted by Gasteiger charge is 2.25. The second kappa shape index (κ2) is 8.62. The van der Waals surface area contributed by atoms with Gasteiger partial charge in [-0.1, -0.05) is 6.92 Å². The zero-order valence-electron chi connectivity index (χ0n) is 15.1. The van der Waals surface area contributed by atoms with Crippen LogP contribution < -0.4 is 10.6 Å². The average Bonchev–Trinajstić information content (AvgIpc) is 3.03. The van der Waals surface area contributed by atoms with Crippen LogP contribution in [0.4, 0.5) is 0 Å². The lowest BCUT2D eigenvalue weighted by atomic mass is 10.2. The van der Waals surface area contributed by atoms with Gasteiger partial charge in [0.2, 0.25) is 0 Å². The van der Waals surface area contributed by atoms with Gasteiger partial charge in [-0.2, -0.15) is 16.9 Å². The van der Waals surface area contributed by atoms with Gasteiger partial charge in [0, 0.05) is 36.1 Å². The van der Waals surface area contributed by atoms with Crippen molar-refractivity contribution in [3.8, 4) is 0 Å². The van der Waals surface area contributed by atoms with E-state index in [1.165, 1.54) is 36.3 Å². The maximum atomic E-state index is 4.79. The monoisotopic (exact) mass is 337 g/mol. The van der Waals surface area contributed by atoms with Crippen molar-refractivity contribution in [3.05, 3.63) is 17.0 Å². The first-order valence-corrected chi connectivity index (χ1v) is 9.75. The molecule has 1 fully saturated rings. The molecule has 0 aromatic carbocycles. The number of nitrogens with one attached hydrogen (secondary N) is 2. The van der Waals surface area contributed by atoms with E-state index >= 15 is 0 Å². The lowest BCUT2D eigenvalue weighted by molar-refractivity contribution is 0.615. The summed E-state index contributed by atoms with van der Waals surface area (Å²) in [6, 6.07) is 0.549. The number of aromatic nitrogens is 2. The van der Waals surface area contributed by atoms with Crippen LogP contribution in [0.2, 0.25) is 0 Å². The van der Waals surface area contributed by atoms with Gasteiger partial charge in [-0.3, -0.25) is 4.68 Å². The Morgan fingerprint density at radius 3 is 2.74 bits per heavy atom. The first-order chi connectivity index (χ1) is 11.0. The summed E-state index contributed by atoms with van der Waals surface area (Å²) < 4.78 is 1.93. The van der Waals surface area contributed by atoms with Gasteiger partial charge in [-0.15, -0.1) is 0 Å². The van der Waals surface area contributed by atoms with E-state index in [4.69, 9.17) is 4.99 Å². The molecule has 0 spiro atoms. The van der Waals surface area contributed by atoms with Crippen LogP contribution in [0.5, 0.6) is 0 Å². The molecule has 2 atom stereocenters. The van der Waals surface area contributed by atoms with Gasteiger partial charge in [-0.25, -0.2) is 4.99 Å². The highest BCUT2D eigenvalue weighted by Crippen LogP contribution is 2.29. The summed E-state index contributed by atoms with van der Waals surface area (Å²) in [6.45, 7) is 10.1. The third-order valence-electron chi connectivity index (χ3n) is 4.53. The Labute approximate surface area is 144 Å². The summed E-state index contributed by atoms with van der Waals surface area (Å²) in [6.07, 6.45) is 3.80. The Morgan fingerprint density at radius 2 is 2.13 bits per heavy atom. The lowest BCUT2D eigenvalue weighted by Crippen LogP contribution is -2.42. The summed E-state index contributed by atoms with van der Waals surface area (Å²) in [5.74, 6) is 2.15. The van der Waals surface area contributed by atoms with Gasteiger partial charge in [-0.05, 0) is 45.8 Å². The fourth-order valence-corrected chi connectivity index (χ4v) is 4.32. The van der Waals surface area contributed by atoms with Crippen LogP contribution in [0, 0.1) is 13.8 Å². The van der Waals surface area contributed by atoms with E-state index in [0.29, 0.717) is 12.6 Å². The Balaban J connectivity index is 1.98. The van der Waals surface area contributed by atoms with Crippen molar-refractivity contribution >= 4 is 17.7 Å². The Bertz CT molecular complexity index is 537. The van der Waals surface area contributed by atoms with E-state index in [1.807, 2.05) is 11.7 Å². The van der Waals surface area contributed by atoms with E-state index in [-0.39, 0.29) is 0 Å². The number of aliphatic imine (C=N–C) groups is 1. The summed E-state index contributed by atoms with van der Waals surface area (Å²) >= 11 is 2.09. The Kier molecular flexibility index (Phi) is 6.81. The zero-order valence-corrected chi connectivity index (χ0v) is 16.0. The van der Waals surface area contributed by atoms with Gasteiger partial charge >= 0.3 is 0 Å². The summed E-state index contributed by atoms with van der Waals surface area (Å²) in [5.41, 5.74) is 3.50. The van der Waals surface area contributed by atoms with Crippen molar-refractivity contribution in [2.45, 2.75) is 64.8 Å². The third kappa shape index (κ3) is 4.90. The molecule has 1 saturated carbocycles. The van der Waals surface area contributed by atoms with Crippen LogP contribution in [-0.2, 0) is 13.6 Å². The largest absolute Gasteiger partial charge is 0.357 e. The normalized spacial score (nSPS) is 21.7. The van der Waals surface area contributed by atoms with Gasteiger partial charge in [0.1, 0.15) is 0 Å². The van der Waals surface area contributed by atoms with Crippen molar-refractivity contribution in [1.29, 1.82) is 0 Å². The molecule has 0 saturated heterocycles. The quantitative estimate of drug-likeness (QED) is 0.619. The molecule has 2 unspecified atom stereocenters. The second-order valence-corrected chi connectivity index (χ2v) is 7.78. The maximum Gasteiger partial charge on any atom is 0.191 e. The number of guanidine groups is 1. The number of aryl methyl sites for hydroxylation is 2. The van der Waals surface area contributed by atoms with Crippen molar-refractivity contribution in [1.82, 2.24) is 20.4 Å². The number of hydrogen-bond acceptors (Lipinski definition) is 3. The molecule has 1 aliphatic carbocycles. The molecule has 0 amide bonds. The molecular formula is C17H31N5S. The van der Waals surface area contributed by atoms with Crippen LogP contribution >= 0.6 is 11.8 Å². The van der Waals surface area contributed by atoms with Gasteiger partial charge in [0.15, 0.2) is 5.96 Å². The Morgan fingerprint density at radius 1 is 1.35 bits per heavy atom. The standard InChI is InChI=1S/C17H31N5S/c1-6-18-17(20-14-8-9-15(10-14)23-7-2)19-11-16-12(3)21-22(5)13(16)4/h14-15H,6-11H2,1-5H3,(H2,18,19,20). The zero-order chi connectivity index (χ0) is 16.8. The molecule has 0 aliphatic heterocycles. The van der Waals surface area contributed by atoms with Crippen LogP contribution in [0.3, 0.4) is 0 Å². The van der Waals surface area contributed by atoms with Crippen molar-refractivity contribution in [2.75, 3.05) is 12.3 Å². The molecule has 1 heterocycles. The van der Waals surface area contributed by atoms with Crippen LogP contribution in [0.1, 0.15) is 50.1 Å². The van der Waals surface area contributed by atoms with E-state index in [9.17, 15) is 0 Å². The average molecular weight is 338 g/mol. The molecule has 1 aromatic rings. The summed E-state index contributed by atoms with van der Waals surface area (Å²) in [7, 11) is 1.99. The molecule has 0 radical (unpaired) electrons. The molecule has 6 heteroatoms. The number of hydrogen-bond donors (Lipinski definition) is 2. The fraction of sp³-hybridized carbons (Fsp3) is 0.765. The second-order valence-electron chi connectivity index (χ2n) is 6.20. The minimum Gasteiger partial charge on any atom is -0.357 e. The van der Waals surface area contributed by atoms with E-state index in [0.717, 1.165) is 23.4 Å². The first-order valence-electron chi connectivity index (χ1n) is 8.70. The Hall–Kier alpha value is -1.17. The van der Waals surface area contributed by atoms with Gasteiger partial charge < -0.3 is 10.6 Å². The molecule has 2 rings (SSSR count). The van der Waals surface area contributed by atoms with Crippen LogP contribution in [0.25, 0.3) is 0 Å². The smallest absolute Gasteiger partial charge is 0.191 e. The summed E-state index contributed by atoms with van der Waals surface area (Å²) in [4.78, 5) is 4.79. The van der Waals surface area contributed by atoms with Crippen LogP contribution in [0.15, 0.2) is 4.99 Å². The van der Waals surface area contributed by atoms with E-state index in [1.54, 1.807) is 0 Å². The van der Waals surface area contributed by atoms with Gasteiger partial charge in [0.25, 0.3) is 0 Å². The minimum absolute atomic E-state index is 0.549. The molecular weight excluding hydrogens is 306 g/mol. The highest BCUT2D eigenvalue weighted by atomic mass is 32.2.